The topological polar surface area (TPSA) is 44.1 Å². The summed E-state index contributed by atoms with van der Waals surface area (Å²) in [7, 11) is 0. The summed E-state index contributed by atoms with van der Waals surface area (Å²) < 4.78 is 16.3. The molecule has 2 saturated heterocycles. The summed E-state index contributed by atoms with van der Waals surface area (Å²) in [5.41, 5.74) is 3.81. The quantitative estimate of drug-likeness (QED) is 0.463. The van der Waals surface area contributed by atoms with Crippen molar-refractivity contribution >= 4 is 34.0 Å². The van der Waals surface area contributed by atoms with Gasteiger partial charge in [0.2, 0.25) is 5.91 Å². The van der Waals surface area contributed by atoms with Gasteiger partial charge < -0.3 is 19.1 Å². The van der Waals surface area contributed by atoms with Crippen LogP contribution in [0.2, 0.25) is 0 Å². The van der Waals surface area contributed by atoms with Crippen LogP contribution < -0.4 is 9.80 Å². The number of benzene rings is 2. The van der Waals surface area contributed by atoms with E-state index in [0.29, 0.717) is 31.9 Å². The fourth-order valence-corrected chi connectivity index (χ4v) is 5.41. The van der Waals surface area contributed by atoms with E-state index in [0.717, 1.165) is 48.3 Å². The van der Waals surface area contributed by atoms with E-state index in [1.165, 1.54) is 6.07 Å². The van der Waals surface area contributed by atoms with Crippen LogP contribution in [0.5, 0.6) is 0 Å². The summed E-state index contributed by atoms with van der Waals surface area (Å²) in [5, 5.41) is 0. The Balaban J connectivity index is 1.11. The second-order valence-corrected chi connectivity index (χ2v) is 9.21. The molecule has 0 bridgehead atoms. The maximum Gasteiger partial charge on any atom is 0.225 e. The molecule has 0 saturated carbocycles. The highest BCUT2D eigenvalue weighted by Gasteiger charge is 2.31. The second kappa shape index (κ2) is 8.63. The number of hydrogen-bond acceptors (Lipinski definition) is 4. The Hall–Kier alpha value is -3.61. The summed E-state index contributed by atoms with van der Waals surface area (Å²) in [6, 6.07) is 19.2. The molecule has 4 heterocycles. The molecule has 0 unspecified atom stereocenters. The number of aromatic nitrogens is 2. The smallest absolute Gasteiger partial charge is 0.225 e. The molecule has 2 aromatic heterocycles. The molecule has 0 atom stereocenters. The van der Waals surface area contributed by atoms with Gasteiger partial charge in [-0.2, -0.15) is 0 Å². The number of halogens is 1. The number of anilines is 2. The third-order valence-electron chi connectivity index (χ3n) is 7.27. The molecule has 7 heteroatoms. The number of rotatable bonds is 3. The number of fused-ring (bicyclic) bond motifs is 3. The molecule has 1 amide bonds. The van der Waals surface area contributed by atoms with E-state index in [1.54, 1.807) is 6.07 Å². The van der Waals surface area contributed by atoms with Gasteiger partial charge in [-0.15, -0.1) is 0 Å². The Bertz CT molecular complexity index is 1340. The molecule has 34 heavy (non-hydrogen) atoms. The molecule has 0 N–H and O–H groups in total. The molecule has 2 aromatic carbocycles. The Labute approximate surface area is 198 Å². The van der Waals surface area contributed by atoms with Gasteiger partial charge in [0, 0.05) is 51.4 Å². The SMILES string of the molecule is O=C(C1CCN(c2nc3ccccc3n3cccc23)CC1)N1CCN(c2ccccc2F)CC1. The molecule has 2 aliphatic rings. The van der Waals surface area contributed by atoms with Gasteiger partial charge in [0.25, 0.3) is 0 Å². The Morgan fingerprint density at radius 1 is 0.794 bits per heavy atom. The molecular formula is C27H28FN5O. The van der Waals surface area contributed by atoms with Crippen molar-refractivity contribution in [3.05, 3.63) is 72.7 Å². The van der Waals surface area contributed by atoms with Crippen LogP contribution in [0.1, 0.15) is 12.8 Å². The number of piperidine rings is 1. The number of carbonyl (C=O) groups excluding carboxylic acids is 1. The summed E-state index contributed by atoms with van der Waals surface area (Å²) in [4.78, 5) is 24.6. The van der Waals surface area contributed by atoms with Crippen molar-refractivity contribution < 1.29 is 9.18 Å². The van der Waals surface area contributed by atoms with Gasteiger partial charge in [-0.25, -0.2) is 9.37 Å². The zero-order valence-corrected chi connectivity index (χ0v) is 19.1. The van der Waals surface area contributed by atoms with Gasteiger partial charge in [-0.3, -0.25) is 4.79 Å². The third-order valence-corrected chi connectivity index (χ3v) is 7.27. The van der Waals surface area contributed by atoms with Crippen LogP contribution in [0.4, 0.5) is 15.9 Å². The van der Waals surface area contributed by atoms with E-state index in [9.17, 15) is 9.18 Å². The predicted octanol–water partition coefficient (Wildman–Crippen LogP) is 4.19. The van der Waals surface area contributed by atoms with Crippen molar-refractivity contribution in [1.82, 2.24) is 14.3 Å². The summed E-state index contributed by atoms with van der Waals surface area (Å²) in [6.45, 7) is 4.25. The van der Waals surface area contributed by atoms with Crippen molar-refractivity contribution in [1.29, 1.82) is 0 Å². The highest BCUT2D eigenvalue weighted by Crippen LogP contribution is 2.30. The van der Waals surface area contributed by atoms with E-state index in [2.05, 4.69) is 39.8 Å². The molecule has 0 radical (unpaired) electrons. The second-order valence-electron chi connectivity index (χ2n) is 9.21. The average Bonchev–Trinajstić information content (AvgIpc) is 3.39. The Kier molecular flexibility index (Phi) is 5.32. The van der Waals surface area contributed by atoms with Gasteiger partial charge in [0.1, 0.15) is 5.82 Å². The lowest BCUT2D eigenvalue weighted by molar-refractivity contribution is -0.136. The normalized spacial score (nSPS) is 17.6. The molecule has 2 aliphatic heterocycles. The van der Waals surface area contributed by atoms with Crippen molar-refractivity contribution in [3.8, 4) is 0 Å². The monoisotopic (exact) mass is 457 g/mol. The molecular weight excluding hydrogens is 429 g/mol. The zero-order valence-electron chi connectivity index (χ0n) is 19.1. The minimum atomic E-state index is -0.200. The predicted molar refractivity (Wildman–Crippen MR) is 133 cm³/mol. The fraction of sp³-hybridized carbons (Fsp3) is 0.333. The summed E-state index contributed by atoms with van der Waals surface area (Å²) in [6.07, 6.45) is 3.74. The van der Waals surface area contributed by atoms with E-state index >= 15 is 0 Å². The molecule has 2 fully saturated rings. The first-order valence-electron chi connectivity index (χ1n) is 12.1. The Morgan fingerprint density at radius 3 is 2.29 bits per heavy atom. The molecule has 6 nitrogen and oxygen atoms in total. The average molecular weight is 458 g/mol. The van der Waals surface area contributed by atoms with Crippen LogP contribution in [0.3, 0.4) is 0 Å². The zero-order chi connectivity index (χ0) is 23.1. The maximum absolute atomic E-state index is 14.1. The van der Waals surface area contributed by atoms with Crippen molar-refractivity contribution in [2.24, 2.45) is 5.92 Å². The molecule has 6 rings (SSSR count). The minimum absolute atomic E-state index is 0.0412. The van der Waals surface area contributed by atoms with Crippen molar-refractivity contribution in [2.75, 3.05) is 49.1 Å². The van der Waals surface area contributed by atoms with Crippen molar-refractivity contribution in [3.63, 3.8) is 0 Å². The van der Waals surface area contributed by atoms with Gasteiger partial charge in [-0.05, 0) is 49.2 Å². The summed E-state index contributed by atoms with van der Waals surface area (Å²) >= 11 is 0. The van der Waals surface area contributed by atoms with E-state index in [-0.39, 0.29) is 17.6 Å². The highest BCUT2D eigenvalue weighted by molar-refractivity contribution is 5.85. The van der Waals surface area contributed by atoms with Crippen LogP contribution in [-0.4, -0.2) is 59.5 Å². The van der Waals surface area contributed by atoms with E-state index in [4.69, 9.17) is 4.98 Å². The maximum atomic E-state index is 14.1. The number of hydrogen-bond donors (Lipinski definition) is 0. The first-order valence-corrected chi connectivity index (χ1v) is 12.1. The lowest BCUT2D eigenvalue weighted by Gasteiger charge is -2.39. The molecule has 0 aliphatic carbocycles. The van der Waals surface area contributed by atoms with Gasteiger partial charge >= 0.3 is 0 Å². The molecule has 174 valence electrons. The lowest BCUT2D eigenvalue weighted by atomic mass is 9.95. The Morgan fingerprint density at radius 2 is 1.50 bits per heavy atom. The van der Waals surface area contributed by atoms with Crippen LogP contribution in [0.25, 0.3) is 16.6 Å². The number of piperazine rings is 1. The molecule has 4 aromatic rings. The van der Waals surface area contributed by atoms with E-state index < -0.39 is 0 Å². The lowest BCUT2D eigenvalue weighted by Crippen LogP contribution is -2.52. The standard InChI is InChI=1S/C27H28FN5O/c28-21-6-1-3-8-23(21)30-16-18-32(19-17-30)27(34)20-11-14-31(15-12-20)26-25-10-5-13-33(25)24-9-4-2-7-22(24)29-26/h1-10,13,20H,11-12,14-19H2. The first-order chi connectivity index (χ1) is 16.7. The summed E-state index contributed by atoms with van der Waals surface area (Å²) in [5.74, 6) is 1.08. The largest absolute Gasteiger partial charge is 0.366 e. The van der Waals surface area contributed by atoms with Crippen LogP contribution >= 0.6 is 0 Å². The van der Waals surface area contributed by atoms with Gasteiger partial charge in [0.15, 0.2) is 5.82 Å². The number of amides is 1. The molecule has 0 spiro atoms. The highest BCUT2D eigenvalue weighted by atomic mass is 19.1. The van der Waals surface area contributed by atoms with Gasteiger partial charge in [0.05, 0.1) is 22.2 Å². The van der Waals surface area contributed by atoms with Crippen molar-refractivity contribution in [2.45, 2.75) is 12.8 Å². The number of nitrogens with zero attached hydrogens (tertiary/aromatic N) is 5. The third kappa shape index (κ3) is 3.65. The van der Waals surface area contributed by atoms with Gasteiger partial charge in [-0.1, -0.05) is 24.3 Å². The van der Waals surface area contributed by atoms with Crippen LogP contribution in [-0.2, 0) is 4.79 Å². The first kappa shape index (κ1) is 21.0. The van der Waals surface area contributed by atoms with Crippen LogP contribution in [0.15, 0.2) is 66.9 Å². The fourth-order valence-electron chi connectivity index (χ4n) is 5.41. The number of carbonyl (C=O) groups is 1. The van der Waals surface area contributed by atoms with E-state index in [1.807, 2.05) is 34.1 Å². The number of para-hydroxylation sites is 3. The minimum Gasteiger partial charge on any atom is -0.366 e. The van der Waals surface area contributed by atoms with Crippen LogP contribution in [0, 0.1) is 11.7 Å².